The molecule has 9 nitrogen and oxygen atoms in total. The molecule has 2 atom stereocenters. The third-order valence-electron chi connectivity index (χ3n) is 5.59. The fourth-order valence-electron chi connectivity index (χ4n) is 3.59. The third-order valence-corrected chi connectivity index (χ3v) is 5.59. The summed E-state index contributed by atoms with van der Waals surface area (Å²) in [7, 11) is 0. The molecule has 31 heavy (non-hydrogen) atoms. The van der Waals surface area contributed by atoms with Crippen LogP contribution in [0, 0.1) is 29.0 Å². The number of primary amides is 1. The number of amides is 2. The van der Waals surface area contributed by atoms with Crippen LogP contribution in [0.3, 0.4) is 0 Å². The van der Waals surface area contributed by atoms with Crippen LogP contribution in [-0.2, 0) is 4.74 Å². The van der Waals surface area contributed by atoms with Crippen molar-refractivity contribution in [1.29, 1.82) is 5.26 Å². The highest BCUT2D eigenvalue weighted by molar-refractivity contribution is 5.98. The minimum absolute atomic E-state index is 0.134. The van der Waals surface area contributed by atoms with E-state index in [0.29, 0.717) is 31.2 Å². The number of carbonyl (C=O) groups excluding carboxylic acids is 2. The van der Waals surface area contributed by atoms with Gasteiger partial charge in [0.1, 0.15) is 11.4 Å². The number of aromatic nitrogens is 2. The number of ether oxygens (including phenoxy) is 1. The number of nitriles is 1. The molecule has 2 aromatic rings. The molecule has 10 heteroatoms. The number of anilines is 2. The van der Waals surface area contributed by atoms with E-state index in [2.05, 4.69) is 16.5 Å². The Morgan fingerprint density at radius 2 is 2.03 bits per heavy atom. The van der Waals surface area contributed by atoms with Crippen molar-refractivity contribution in [2.75, 3.05) is 25.0 Å². The van der Waals surface area contributed by atoms with Gasteiger partial charge in [0.2, 0.25) is 0 Å². The van der Waals surface area contributed by atoms with Gasteiger partial charge in [-0.25, -0.2) is 9.18 Å². The first-order valence-electron chi connectivity index (χ1n) is 10.2. The van der Waals surface area contributed by atoms with Gasteiger partial charge in [-0.1, -0.05) is 0 Å². The van der Waals surface area contributed by atoms with E-state index in [4.69, 9.17) is 10.5 Å². The highest BCUT2D eigenvalue weighted by Gasteiger charge is 2.35. The normalized spacial score (nSPS) is 20.7. The SMILES string of the molecule is N#CC1CCN(C(=O)OCC2CC2)C[C@H]1n1cc(C(N)=O)c(Nc2ccc(F)cc2)n1. The molecule has 2 aliphatic rings. The molecule has 162 valence electrons. The zero-order valence-electron chi connectivity index (χ0n) is 16.8. The summed E-state index contributed by atoms with van der Waals surface area (Å²) in [6, 6.07) is 7.38. The van der Waals surface area contributed by atoms with Crippen LogP contribution in [0.2, 0.25) is 0 Å². The van der Waals surface area contributed by atoms with Crippen molar-refractivity contribution in [3.63, 3.8) is 0 Å². The Morgan fingerprint density at radius 3 is 2.68 bits per heavy atom. The number of nitrogens with one attached hydrogen (secondary N) is 1. The smallest absolute Gasteiger partial charge is 0.409 e. The summed E-state index contributed by atoms with van der Waals surface area (Å²) in [5.74, 6) is -0.823. The van der Waals surface area contributed by atoms with Crippen molar-refractivity contribution in [1.82, 2.24) is 14.7 Å². The Balaban J connectivity index is 1.55. The molecular weight excluding hydrogens is 403 g/mol. The molecule has 2 amide bonds. The molecule has 1 saturated heterocycles. The maximum Gasteiger partial charge on any atom is 0.409 e. The van der Waals surface area contributed by atoms with E-state index in [9.17, 15) is 19.2 Å². The van der Waals surface area contributed by atoms with Crippen LogP contribution in [0.5, 0.6) is 0 Å². The zero-order valence-corrected chi connectivity index (χ0v) is 16.8. The van der Waals surface area contributed by atoms with Gasteiger partial charge in [0, 0.05) is 25.0 Å². The van der Waals surface area contributed by atoms with Crippen molar-refractivity contribution in [2.45, 2.75) is 25.3 Å². The van der Waals surface area contributed by atoms with Crippen LogP contribution in [0.25, 0.3) is 0 Å². The number of halogens is 1. The molecule has 0 spiro atoms. The summed E-state index contributed by atoms with van der Waals surface area (Å²) in [4.78, 5) is 26.0. The van der Waals surface area contributed by atoms with Crippen molar-refractivity contribution in [3.05, 3.63) is 41.8 Å². The number of hydrogen-bond acceptors (Lipinski definition) is 6. The predicted octanol–water partition coefficient (Wildman–Crippen LogP) is 2.80. The summed E-state index contributed by atoms with van der Waals surface area (Å²) in [5.41, 5.74) is 6.17. The van der Waals surface area contributed by atoms with Crippen molar-refractivity contribution >= 4 is 23.5 Å². The Bertz CT molecular complexity index is 1010. The van der Waals surface area contributed by atoms with Gasteiger partial charge in [0.15, 0.2) is 5.82 Å². The number of nitrogens with zero attached hydrogens (tertiary/aromatic N) is 4. The minimum atomic E-state index is -0.694. The number of likely N-dealkylation sites (tertiary alicyclic amines) is 1. The third kappa shape index (κ3) is 4.77. The molecular formula is C21H23FN6O3. The van der Waals surface area contributed by atoms with E-state index >= 15 is 0 Å². The average Bonchev–Trinajstić information content (AvgIpc) is 3.51. The Hall–Kier alpha value is -3.61. The zero-order chi connectivity index (χ0) is 22.0. The fourth-order valence-corrected chi connectivity index (χ4v) is 3.59. The summed E-state index contributed by atoms with van der Waals surface area (Å²) in [5, 5.41) is 17.0. The number of benzene rings is 1. The van der Waals surface area contributed by atoms with Crippen molar-refractivity contribution < 1.29 is 18.7 Å². The van der Waals surface area contributed by atoms with Gasteiger partial charge < -0.3 is 20.7 Å². The second-order valence-electron chi connectivity index (χ2n) is 7.93. The summed E-state index contributed by atoms with van der Waals surface area (Å²) < 4.78 is 20.0. The molecule has 1 aromatic heterocycles. The topological polar surface area (TPSA) is 126 Å². The summed E-state index contributed by atoms with van der Waals surface area (Å²) in [6.07, 6.45) is 3.70. The van der Waals surface area contributed by atoms with E-state index in [0.717, 1.165) is 12.8 Å². The lowest BCUT2D eigenvalue weighted by Crippen LogP contribution is -2.44. The Labute approximate surface area is 178 Å². The summed E-state index contributed by atoms with van der Waals surface area (Å²) in [6.45, 7) is 1.07. The van der Waals surface area contributed by atoms with E-state index in [1.807, 2.05) is 0 Å². The van der Waals surface area contributed by atoms with Gasteiger partial charge in [-0.15, -0.1) is 0 Å². The second-order valence-corrected chi connectivity index (χ2v) is 7.93. The largest absolute Gasteiger partial charge is 0.449 e. The van der Waals surface area contributed by atoms with E-state index in [-0.39, 0.29) is 23.7 Å². The average molecular weight is 426 g/mol. The highest BCUT2D eigenvalue weighted by atomic mass is 19.1. The van der Waals surface area contributed by atoms with E-state index < -0.39 is 24.0 Å². The molecule has 2 fully saturated rings. The van der Waals surface area contributed by atoms with Gasteiger partial charge in [-0.05, 0) is 49.4 Å². The van der Waals surface area contributed by atoms with Crippen LogP contribution in [0.15, 0.2) is 30.5 Å². The first-order valence-corrected chi connectivity index (χ1v) is 10.2. The molecule has 1 saturated carbocycles. The van der Waals surface area contributed by atoms with Crippen LogP contribution in [0.4, 0.5) is 20.7 Å². The van der Waals surface area contributed by atoms with Crippen LogP contribution in [-0.4, -0.2) is 46.4 Å². The van der Waals surface area contributed by atoms with Gasteiger partial charge in [0.25, 0.3) is 5.91 Å². The lowest BCUT2D eigenvalue weighted by atomic mass is 9.93. The number of rotatable bonds is 6. The number of piperidine rings is 1. The minimum Gasteiger partial charge on any atom is -0.449 e. The monoisotopic (exact) mass is 426 g/mol. The molecule has 0 bridgehead atoms. The van der Waals surface area contributed by atoms with Gasteiger partial charge >= 0.3 is 6.09 Å². The molecule has 1 aliphatic heterocycles. The molecule has 1 aromatic carbocycles. The van der Waals surface area contributed by atoms with Gasteiger partial charge in [-0.3, -0.25) is 9.48 Å². The molecule has 4 rings (SSSR count). The maximum atomic E-state index is 13.2. The number of hydrogen-bond donors (Lipinski definition) is 2. The van der Waals surface area contributed by atoms with E-state index in [1.165, 1.54) is 35.1 Å². The Kier molecular flexibility index (Phi) is 5.75. The van der Waals surface area contributed by atoms with Crippen LogP contribution in [0.1, 0.15) is 35.7 Å². The molecule has 3 N–H and O–H groups in total. The first-order chi connectivity index (χ1) is 14.9. The van der Waals surface area contributed by atoms with Crippen molar-refractivity contribution in [3.8, 4) is 6.07 Å². The van der Waals surface area contributed by atoms with Gasteiger partial charge in [-0.2, -0.15) is 10.4 Å². The summed E-state index contributed by atoms with van der Waals surface area (Å²) >= 11 is 0. The quantitative estimate of drug-likeness (QED) is 0.731. The van der Waals surface area contributed by atoms with Gasteiger partial charge in [0.05, 0.1) is 24.6 Å². The maximum absolute atomic E-state index is 13.2. The Morgan fingerprint density at radius 1 is 1.29 bits per heavy atom. The highest BCUT2D eigenvalue weighted by Crippen LogP contribution is 2.31. The van der Waals surface area contributed by atoms with Crippen molar-refractivity contribution in [2.24, 2.45) is 17.6 Å². The second kappa shape index (κ2) is 8.63. The standard InChI is InChI=1S/C21H23FN6O3/c22-15-3-5-16(6-4-15)25-20-17(19(24)29)10-28(26-20)18-11-27(8-7-14(18)9-23)21(30)31-12-13-1-2-13/h3-6,10,13-14,18H,1-2,7-8,11-12H2,(H2,24,29)(H,25,26)/t14?,18-/m1/s1. The van der Waals surface area contributed by atoms with E-state index in [1.54, 1.807) is 4.90 Å². The fraction of sp³-hybridized carbons (Fsp3) is 0.429. The first kappa shape index (κ1) is 20.7. The lowest BCUT2D eigenvalue weighted by molar-refractivity contribution is 0.0732. The molecule has 2 heterocycles. The van der Waals surface area contributed by atoms with Crippen LogP contribution >= 0.6 is 0 Å². The molecule has 1 unspecified atom stereocenters. The number of nitrogens with two attached hydrogens (primary N) is 1. The molecule has 1 aliphatic carbocycles. The van der Waals surface area contributed by atoms with Crippen LogP contribution < -0.4 is 11.1 Å². The lowest BCUT2D eigenvalue weighted by Gasteiger charge is -2.35. The number of carbonyl (C=O) groups is 2. The predicted molar refractivity (Wildman–Crippen MR) is 109 cm³/mol. The molecule has 0 radical (unpaired) electrons.